The van der Waals surface area contributed by atoms with E-state index in [4.69, 9.17) is 4.74 Å². The summed E-state index contributed by atoms with van der Waals surface area (Å²) in [4.78, 5) is 28.7. The Morgan fingerprint density at radius 1 is 1.07 bits per heavy atom. The number of phenolic OH excluding ortho intramolecular Hbond substituents is 3. The molecular weight excluding hydrogens is 390 g/mol. The summed E-state index contributed by atoms with van der Waals surface area (Å²) >= 11 is 0. The molecule has 0 radical (unpaired) electrons. The molecule has 2 atom stereocenters. The third kappa shape index (κ3) is 4.80. The van der Waals surface area contributed by atoms with Crippen molar-refractivity contribution in [2.45, 2.75) is 31.9 Å². The summed E-state index contributed by atoms with van der Waals surface area (Å²) in [5, 5.41) is 34.3. The minimum atomic E-state index is -0.897. The number of anilines is 1. The van der Waals surface area contributed by atoms with Crippen LogP contribution < -0.4 is 10.6 Å². The topological polar surface area (TPSA) is 140 Å². The summed E-state index contributed by atoms with van der Waals surface area (Å²) in [6.45, 7) is 2.02. The van der Waals surface area contributed by atoms with Crippen molar-refractivity contribution < 1.29 is 29.6 Å². The van der Waals surface area contributed by atoms with E-state index < -0.39 is 24.0 Å². The highest BCUT2D eigenvalue weighted by Crippen LogP contribution is 2.32. The second-order valence-corrected chi connectivity index (χ2v) is 6.84. The van der Waals surface area contributed by atoms with Crippen LogP contribution in [0.5, 0.6) is 17.2 Å². The number of hydrogen-bond acceptors (Lipinski definition) is 8. The minimum Gasteiger partial charge on any atom is -0.507 e. The van der Waals surface area contributed by atoms with Crippen molar-refractivity contribution in [3.63, 3.8) is 0 Å². The molecule has 2 aromatic carbocycles. The van der Waals surface area contributed by atoms with Crippen LogP contribution in [0.15, 0.2) is 47.5 Å². The number of para-hydroxylation sites is 2. The molecule has 0 spiro atoms. The molecule has 1 heterocycles. The average Bonchev–Trinajstić information content (AvgIpc) is 3.10. The molecule has 0 saturated carbocycles. The van der Waals surface area contributed by atoms with Crippen LogP contribution in [0.2, 0.25) is 0 Å². The molecule has 0 fully saturated rings. The largest absolute Gasteiger partial charge is 0.507 e. The fraction of sp³-hybridized carbons (Fsp3) is 0.286. The van der Waals surface area contributed by atoms with E-state index in [2.05, 4.69) is 15.6 Å². The zero-order valence-corrected chi connectivity index (χ0v) is 16.3. The van der Waals surface area contributed by atoms with E-state index in [1.807, 2.05) is 0 Å². The van der Waals surface area contributed by atoms with Gasteiger partial charge < -0.3 is 25.4 Å². The van der Waals surface area contributed by atoms with E-state index in [9.17, 15) is 24.9 Å². The number of carbonyl (C=O) groups excluding carboxylic acids is 2. The number of imide groups is 1. The molecule has 1 aliphatic rings. The Morgan fingerprint density at radius 3 is 2.57 bits per heavy atom. The Labute approximate surface area is 173 Å². The molecule has 158 valence electrons. The summed E-state index contributed by atoms with van der Waals surface area (Å²) < 4.78 is 5.58. The third-order valence-corrected chi connectivity index (χ3v) is 4.57. The molecule has 0 aliphatic carbocycles. The van der Waals surface area contributed by atoms with Gasteiger partial charge in [0, 0.05) is 13.0 Å². The summed E-state index contributed by atoms with van der Waals surface area (Å²) in [6, 6.07) is 10.1. The molecule has 9 nitrogen and oxygen atoms in total. The van der Waals surface area contributed by atoms with Crippen LogP contribution in [0.25, 0.3) is 0 Å². The number of amides is 2. The number of nitrogens with one attached hydrogen (secondary N) is 2. The SMILES string of the molecule is C[C@H]1OC(c2ccccc2O)=N[C@@H]1C(=O)NC(=O)CCCNc1cccc(O)c1O. The van der Waals surface area contributed by atoms with E-state index in [0.717, 1.165) is 0 Å². The molecule has 0 bridgehead atoms. The van der Waals surface area contributed by atoms with Gasteiger partial charge >= 0.3 is 0 Å². The molecule has 30 heavy (non-hydrogen) atoms. The van der Waals surface area contributed by atoms with Gasteiger partial charge in [0.1, 0.15) is 11.9 Å². The summed E-state index contributed by atoms with van der Waals surface area (Å²) in [6.07, 6.45) is -0.101. The number of rotatable bonds is 7. The van der Waals surface area contributed by atoms with E-state index in [-0.39, 0.29) is 29.6 Å². The van der Waals surface area contributed by atoms with Gasteiger partial charge in [-0.1, -0.05) is 18.2 Å². The summed E-state index contributed by atoms with van der Waals surface area (Å²) in [7, 11) is 0. The maximum atomic E-state index is 12.4. The zero-order valence-electron chi connectivity index (χ0n) is 16.3. The van der Waals surface area contributed by atoms with Gasteiger partial charge in [-0.05, 0) is 37.6 Å². The lowest BCUT2D eigenvalue weighted by Crippen LogP contribution is -2.41. The summed E-state index contributed by atoms with van der Waals surface area (Å²) in [5.74, 6) is -1.38. The van der Waals surface area contributed by atoms with Crippen LogP contribution in [-0.2, 0) is 14.3 Å². The molecule has 9 heteroatoms. The van der Waals surface area contributed by atoms with Crippen LogP contribution in [-0.4, -0.2) is 51.7 Å². The Balaban J connectivity index is 1.49. The molecule has 2 amide bonds. The first-order chi connectivity index (χ1) is 14.4. The highest BCUT2D eigenvalue weighted by atomic mass is 16.5. The van der Waals surface area contributed by atoms with Crippen LogP contribution in [0.3, 0.4) is 0 Å². The Kier molecular flexibility index (Phi) is 6.41. The van der Waals surface area contributed by atoms with E-state index in [0.29, 0.717) is 24.2 Å². The van der Waals surface area contributed by atoms with Crippen LogP contribution >= 0.6 is 0 Å². The quantitative estimate of drug-likeness (QED) is 0.345. The van der Waals surface area contributed by atoms with Gasteiger partial charge in [0.2, 0.25) is 11.8 Å². The fourth-order valence-electron chi connectivity index (χ4n) is 2.98. The van der Waals surface area contributed by atoms with Crippen molar-refractivity contribution in [3.8, 4) is 17.2 Å². The van der Waals surface area contributed by atoms with Crippen molar-refractivity contribution in [2.75, 3.05) is 11.9 Å². The predicted octanol–water partition coefficient (Wildman–Crippen LogP) is 1.87. The maximum Gasteiger partial charge on any atom is 0.255 e. The second kappa shape index (κ2) is 9.17. The number of phenols is 3. The lowest BCUT2D eigenvalue weighted by atomic mass is 10.2. The lowest BCUT2D eigenvalue weighted by Gasteiger charge is -2.12. The molecule has 2 aromatic rings. The number of aromatic hydroxyl groups is 3. The molecule has 0 saturated heterocycles. The van der Waals surface area contributed by atoms with Gasteiger partial charge in [-0.3, -0.25) is 14.9 Å². The highest BCUT2D eigenvalue weighted by Gasteiger charge is 2.35. The van der Waals surface area contributed by atoms with Gasteiger partial charge in [-0.15, -0.1) is 0 Å². The van der Waals surface area contributed by atoms with Gasteiger partial charge in [-0.2, -0.15) is 0 Å². The third-order valence-electron chi connectivity index (χ3n) is 4.57. The smallest absolute Gasteiger partial charge is 0.255 e. The predicted molar refractivity (Wildman–Crippen MR) is 110 cm³/mol. The monoisotopic (exact) mass is 413 g/mol. The first-order valence-corrected chi connectivity index (χ1v) is 9.48. The van der Waals surface area contributed by atoms with E-state index in [1.54, 1.807) is 37.3 Å². The maximum absolute atomic E-state index is 12.4. The molecule has 5 N–H and O–H groups in total. The Bertz CT molecular complexity index is 975. The molecular formula is C21H23N3O6. The van der Waals surface area contributed by atoms with Crippen molar-refractivity contribution in [3.05, 3.63) is 48.0 Å². The number of hydrogen-bond donors (Lipinski definition) is 5. The number of carbonyl (C=O) groups is 2. The van der Waals surface area contributed by atoms with Gasteiger partial charge in [-0.25, -0.2) is 4.99 Å². The van der Waals surface area contributed by atoms with Gasteiger partial charge in [0.15, 0.2) is 17.5 Å². The minimum absolute atomic E-state index is 0.00847. The number of nitrogens with zero attached hydrogens (tertiary/aromatic N) is 1. The first kappa shape index (κ1) is 21.0. The lowest BCUT2D eigenvalue weighted by molar-refractivity contribution is -0.131. The Hall–Kier alpha value is -3.75. The van der Waals surface area contributed by atoms with E-state index in [1.165, 1.54) is 12.1 Å². The number of ether oxygens (including phenoxy) is 1. The van der Waals surface area contributed by atoms with Crippen molar-refractivity contribution in [1.29, 1.82) is 0 Å². The van der Waals surface area contributed by atoms with Crippen molar-refractivity contribution >= 4 is 23.4 Å². The standard InChI is InChI=1S/C21H23N3O6/c1-12-18(24-21(30-12)13-6-2-3-8-15(13)25)20(29)23-17(27)10-5-11-22-14-7-4-9-16(26)19(14)28/h2-4,6-9,12,18,22,25-26,28H,5,10-11H2,1H3,(H,23,27,29)/t12-,18+/m1/s1. The molecule has 0 unspecified atom stereocenters. The van der Waals surface area contributed by atoms with Gasteiger partial charge in [0.05, 0.1) is 11.3 Å². The van der Waals surface area contributed by atoms with Crippen molar-refractivity contribution in [2.24, 2.45) is 4.99 Å². The van der Waals surface area contributed by atoms with Crippen molar-refractivity contribution in [1.82, 2.24) is 5.32 Å². The summed E-state index contributed by atoms with van der Waals surface area (Å²) in [5.41, 5.74) is 0.738. The average molecular weight is 413 g/mol. The molecule has 0 aromatic heterocycles. The molecule has 3 rings (SSSR count). The van der Waals surface area contributed by atoms with E-state index >= 15 is 0 Å². The van der Waals surface area contributed by atoms with Crippen LogP contribution in [0.1, 0.15) is 25.3 Å². The zero-order chi connectivity index (χ0) is 21.7. The van der Waals surface area contributed by atoms with Gasteiger partial charge in [0.25, 0.3) is 5.91 Å². The number of aliphatic imine (C=N–C) groups is 1. The van der Waals surface area contributed by atoms with Crippen LogP contribution in [0.4, 0.5) is 5.69 Å². The van der Waals surface area contributed by atoms with Crippen LogP contribution in [0, 0.1) is 0 Å². The number of benzene rings is 2. The Morgan fingerprint density at radius 2 is 1.80 bits per heavy atom. The fourth-order valence-corrected chi connectivity index (χ4v) is 2.98. The normalized spacial score (nSPS) is 17.7. The second-order valence-electron chi connectivity index (χ2n) is 6.84. The first-order valence-electron chi connectivity index (χ1n) is 9.48. The highest BCUT2D eigenvalue weighted by molar-refractivity contribution is 6.03. The molecule has 1 aliphatic heterocycles.